The summed E-state index contributed by atoms with van der Waals surface area (Å²) in [6.07, 6.45) is 5.07. The Morgan fingerprint density at radius 3 is 2.77 bits per heavy atom. The predicted molar refractivity (Wildman–Crippen MR) is 89.1 cm³/mol. The maximum Gasteiger partial charge on any atom is 0.211 e. The van der Waals surface area contributed by atoms with Crippen LogP contribution in [0.4, 0.5) is 5.69 Å². The third-order valence-corrected chi connectivity index (χ3v) is 4.54. The van der Waals surface area contributed by atoms with Crippen LogP contribution >= 0.6 is 0 Å². The van der Waals surface area contributed by atoms with E-state index in [-0.39, 0.29) is 0 Å². The Balaban J connectivity index is 1.98. The van der Waals surface area contributed by atoms with E-state index in [1.807, 2.05) is 12.1 Å². The van der Waals surface area contributed by atoms with Gasteiger partial charge in [0.1, 0.15) is 0 Å². The van der Waals surface area contributed by atoms with Crippen LogP contribution in [0.3, 0.4) is 0 Å². The molecule has 1 aromatic heterocycles. The molecule has 0 saturated heterocycles. The van der Waals surface area contributed by atoms with E-state index < -0.39 is 0 Å². The van der Waals surface area contributed by atoms with Gasteiger partial charge in [-0.15, -0.1) is 0 Å². The molecule has 1 atom stereocenters. The van der Waals surface area contributed by atoms with Gasteiger partial charge >= 0.3 is 0 Å². The second-order valence-corrected chi connectivity index (χ2v) is 6.05. The normalized spacial score (nSPS) is 17.1. The van der Waals surface area contributed by atoms with Crippen molar-refractivity contribution >= 4 is 23.0 Å². The molecule has 0 fully saturated rings. The summed E-state index contributed by atoms with van der Waals surface area (Å²) in [5.41, 5.74) is 4.34. The molecular formula is C17H24N4O. The number of anilines is 1. The average molecular weight is 300 g/mol. The SMILES string of the molecule is CCCN(CCC)C1Cc2[nH]nc3ccc(NC=O)c(c23)C1. The highest BCUT2D eigenvalue weighted by molar-refractivity contribution is 5.92. The predicted octanol–water partition coefficient (Wildman–Crippen LogP) is 2.72. The van der Waals surface area contributed by atoms with Crippen molar-refractivity contribution < 1.29 is 4.79 Å². The number of H-pyrrole nitrogens is 1. The number of amides is 1. The Labute approximate surface area is 131 Å². The maximum absolute atomic E-state index is 10.9. The van der Waals surface area contributed by atoms with E-state index in [4.69, 9.17) is 0 Å². The van der Waals surface area contributed by atoms with E-state index in [0.717, 1.165) is 56.4 Å². The summed E-state index contributed by atoms with van der Waals surface area (Å²) in [6.45, 7) is 6.70. The standard InChI is InChI=1S/C17H24N4O/c1-3-7-21(8-4-2)12-9-13-14(18-11-22)5-6-15-17(13)16(10-12)20-19-15/h5-6,11-12H,3-4,7-10H2,1-2H3,(H,18,22)(H,19,20). The first-order valence-electron chi connectivity index (χ1n) is 8.21. The lowest BCUT2D eigenvalue weighted by Gasteiger charge is -2.34. The lowest BCUT2D eigenvalue weighted by Crippen LogP contribution is -2.41. The maximum atomic E-state index is 10.9. The average Bonchev–Trinajstić information content (AvgIpc) is 2.94. The summed E-state index contributed by atoms with van der Waals surface area (Å²) in [5.74, 6) is 0. The molecule has 0 saturated carbocycles. The smallest absolute Gasteiger partial charge is 0.211 e. The minimum absolute atomic E-state index is 0.477. The number of hydrogen-bond acceptors (Lipinski definition) is 3. The van der Waals surface area contributed by atoms with Crippen LogP contribution < -0.4 is 5.32 Å². The fourth-order valence-electron chi connectivity index (χ4n) is 3.66. The van der Waals surface area contributed by atoms with Crippen LogP contribution in [-0.4, -0.2) is 40.6 Å². The Morgan fingerprint density at radius 2 is 2.09 bits per heavy atom. The number of carbonyl (C=O) groups excluding carboxylic acids is 1. The summed E-state index contributed by atoms with van der Waals surface area (Å²) in [4.78, 5) is 13.5. The topological polar surface area (TPSA) is 61.0 Å². The molecule has 1 aromatic carbocycles. The van der Waals surface area contributed by atoms with E-state index in [1.165, 1.54) is 16.6 Å². The van der Waals surface area contributed by atoms with Crippen molar-refractivity contribution in [3.63, 3.8) is 0 Å². The van der Waals surface area contributed by atoms with Crippen LogP contribution in [0.5, 0.6) is 0 Å². The highest BCUT2D eigenvalue weighted by atomic mass is 16.1. The minimum atomic E-state index is 0.477. The summed E-state index contributed by atoms with van der Waals surface area (Å²) < 4.78 is 0. The zero-order chi connectivity index (χ0) is 15.5. The van der Waals surface area contributed by atoms with Gasteiger partial charge in [-0.05, 0) is 50.0 Å². The molecule has 0 aliphatic heterocycles. The lowest BCUT2D eigenvalue weighted by atomic mass is 9.88. The second kappa shape index (κ2) is 6.48. The molecule has 1 unspecified atom stereocenters. The number of carbonyl (C=O) groups is 1. The number of nitrogens with one attached hydrogen (secondary N) is 2. The zero-order valence-corrected chi connectivity index (χ0v) is 13.4. The fourth-order valence-corrected chi connectivity index (χ4v) is 3.66. The van der Waals surface area contributed by atoms with Gasteiger partial charge in [-0.1, -0.05) is 13.8 Å². The number of aromatic nitrogens is 2. The van der Waals surface area contributed by atoms with Crippen molar-refractivity contribution in [2.24, 2.45) is 0 Å². The molecule has 1 amide bonds. The highest BCUT2D eigenvalue weighted by Gasteiger charge is 2.28. The molecular weight excluding hydrogens is 276 g/mol. The van der Waals surface area contributed by atoms with Gasteiger partial charge in [0, 0.05) is 29.2 Å². The van der Waals surface area contributed by atoms with Gasteiger partial charge in [0.05, 0.1) is 5.52 Å². The van der Waals surface area contributed by atoms with Gasteiger partial charge in [-0.25, -0.2) is 0 Å². The molecule has 1 aliphatic rings. The van der Waals surface area contributed by atoms with Crippen LogP contribution in [0, 0.1) is 0 Å². The van der Waals surface area contributed by atoms with Crippen LogP contribution in [0.15, 0.2) is 12.1 Å². The van der Waals surface area contributed by atoms with Gasteiger partial charge in [0.2, 0.25) is 6.41 Å². The van der Waals surface area contributed by atoms with E-state index >= 15 is 0 Å². The van der Waals surface area contributed by atoms with Crippen LogP contribution in [-0.2, 0) is 17.6 Å². The van der Waals surface area contributed by atoms with Crippen molar-refractivity contribution in [2.75, 3.05) is 18.4 Å². The third-order valence-electron chi connectivity index (χ3n) is 4.54. The van der Waals surface area contributed by atoms with E-state index in [0.29, 0.717) is 6.04 Å². The van der Waals surface area contributed by atoms with E-state index in [1.54, 1.807) is 0 Å². The number of aromatic amines is 1. The molecule has 3 rings (SSSR count). The number of benzene rings is 1. The van der Waals surface area contributed by atoms with Gasteiger partial charge < -0.3 is 5.32 Å². The second-order valence-electron chi connectivity index (χ2n) is 6.05. The summed E-state index contributed by atoms with van der Waals surface area (Å²) in [5, 5.41) is 11.7. The van der Waals surface area contributed by atoms with Gasteiger partial charge in [0.25, 0.3) is 0 Å². The first-order valence-corrected chi connectivity index (χ1v) is 8.21. The zero-order valence-electron chi connectivity index (χ0n) is 13.4. The van der Waals surface area contributed by atoms with Gasteiger partial charge in [0.15, 0.2) is 0 Å². The first kappa shape index (κ1) is 15.0. The van der Waals surface area contributed by atoms with Crippen LogP contribution in [0.1, 0.15) is 37.9 Å². The number of hydrogen-bond donors (Lipinski definition) is 2. The molecule has 2 aromatic rings. The van der Waals surface area contributed by atoms with Gasteiger partial charge in [-0.3, -0.25) is 14.8 Å². The largest absolute Gasteiger partial charge is 0.328 e. The molecule has 22 heavy (non-hydrogen) atoms. The highest BCUT2D eigenvalue weighted by Crippen LogP contribution is 2.34. The molecule has 1 aliphatic carbocycles. The summed E-state index contributed by atoms with van der Waals surface area (Å²) in [6, 6.07) is 4.41. The molecule has 5 heteroatoms. The van der Waals surface area contributed by atoms with Crippen LogP contribution in [0.2, 0.25) is 0 Å². The first-order chi connectivity index (χ1) is 10.8. The summed E-state index contributed by atoms with van der Waals surface area (Å²) in [7, 11) is 0. The van der Waals surface area contributed by atoms with Crippen molar-refractivity contribution in [1.82, 2.24) is 15.1 Å². The minimum Gasteiger partial charge on any atom is -0.328 e. The molecule has 0 bridgehead atoms. The number of rotatable bonds is 7. The fraction of sp³-hybridized carbons (Fsp3) is 0.529. The molecule has 118 valence electrons. The monoisotopic (exact) mass is 300 g/mol. The summed E-state index contributed by atoms with van der Waals surface area (Å²) >= 11 is 0. The third kappa shape index (κ3) is 2.61. The van der Waals surface area contributed by atoms with E-state index in [2.05, 4.69) is 34.3 Å². The van der Waals surface area contributed by atoms with Crippen molar-refractivity contribution in [3.05, 3.63) is 23.4 Å². The van der Waals surface area contributed by atoms with Gasteiger partial charge in [-0.2, -0.15) is 5.10 Å². The quantitative estimate of drug-likeness (QED) is 0.773. The van der Waals surface area contributed by atoms with Crippen LogP contribution in [0.25, 0.3) is 10.9 Å². The van der Waals surface area contributed by atoms with Crippen molar-refractivity contribution in [3.8, 4) is 0 Å². The molecule has 2 N–H and O–H groups in total. The lowest BCUT2D eigenvalue weighted by molar-refractivity contribution is -0.105. The Kier molecular flexibility index (Phi) is 4.43. The Morgan fingerprint density at radius 1 is 1.32 bits per heavy atom. The molecule has 0 spiro atoms. The Bertz CT molecular complexity index is 658. The van der Waals surface area contributed by atoms with Crippen molar-refractivity contribution in [1.29, 1.82) is 0 Å². The molecule has 5 nitrogen and oxygen atoms in total. The molecule has 0 radical (unpaired) electrons. The number of nitrogens with zero attached hydrogens (tertiary/aromatic N) is 2. The van der Waals surface area contributed by atoms with Crippen molar-refractivity contribution in [2.45, 2.75) is 45.6 Å². The Hall–Kier alpha value is -1.88. The molecule has 1 heterocycles. The van der Waals surface area contributed by atoms with E-state index in [9.17, 15) is 4.79 Å².